The van der Waals surface area contributed by atoms with E-state index in [0.29, 0.717) is 36.1 Å². The van der Waals surface area contributed by atoms with Gasteiger partial charge in [0.2, 0.25) is 11.8 Å². The number of aromatic amines is 2. The summed E-state index contributed by atoms with van der Waals surface area (Å²) in [6.07, 6.45) is 9.26. The molecule has 2 aliphatic heterocycles. The van der Waals surface area contributed by atoms with Crippen LogP contribution in [0.5, 0.6) is 0 Å². The molecule has 18 heteroatoms. The smallest absolute Gasteiger partial charge is 0.269 e. The molecule has 4 atom stereocenters. The predicted molar refractivity (Wildman–Crippen MR) is 266 cm³/mol. The highest BCUT2D eigenvalue weighted by atomic mass is 32.1. The number of hydrogen-bond donors (Lipinski definition) is 4. The molecule has 344 valence electrons. The third-order valence-electron chi connectivity index (χ3n) is 11.5. The highest BCUT2D eigenvalue weighted by Crippen LogP contribution is 2.36. The van der Waals surface area contributed by atoms with Crippen molar-refractivity contribution >= 4 is 77.6 Å². The van der Waals surface area contributed by atoms with Crippen molar-refractivity contribution in [3.05, 3.63) is 107 Å². The molecule has 4 N–H and O–H groups in total. The maximum Gasteiger partial charge on any atom is 0.269 e. The van der Waals surface area contributed by atoms with Crippen LogP contribution in [0.3, 0.4) is 0 Å². The topological polar surface area (TPSA) is 163 Å². The second-order valence-electron chi connectivity index (χ2n) is 15.8. The van der Waals surface area contributed by atoms with Crippen LogP contribution in [0.2, 0.25) is 0 Å². The summed E-state index contributed by atoms with van der Waals surface area (Å²) < 4.78 is 0. The summed E-state index contributed by atoms with van der Waals surface area (Å²) in [5, 5.41) is 6.29. The average Bonchev–Trinajstić information content (AvgIpc) is 4.03. The molecule has 4 amide bonds. The van der Waals surface area contributed by atoms with E-state index in [1.165, 1.54) is 0 Å². The van der Waals surface area contributed by atoms with Crippen molar-refractivity contribution < 1.29 is 19.2 Å². The average molecular weight is 931 g/mol. The molecule has 0 radical (unpaired) electrons. The van der Waals surface area contributed by atoms with E-state index >= 15 is 0 Å². The van der Waals surface area contributed by atoms with E-state index < -0.39 is 12.1 Å². The number of hydrogen-bond acceptors (Lipinski definition) is 8. The molecular weight excluding hydrogens is 861 g/mol. The molecule has 2 aromatic heterocycles. The number of nitrogens with zero attached hydrogens (tertiary/aromatic N) is 6. The first-order valence-electron chi connectivity index (χ1n) is 19.8. The SMILES string of the molecule is C.C.CN(C)[C@H](C(=O)N1CCC[C@H]1c1ncc(C(=O)NC2CCC(NC(=O)c3cnc([C@@H]4CCCN4C(=O)[C@@H](c4ccccc4)N(C)C)[nH]3)CC2)[nH]1)c1ccccc1.S.S.S.S. The maximum absolute atomic E-state index is 13.8. The Morgan fingerprint density at radius 2 is 0.919 bits per heavy atom. The van der Waals surface area contributed by atoms with E-state index in [9.17, 15) is 19.2 Å². The molecule has 3 fully saturated rings. The largest absolute Gasteiger partial charge is 0.348 e. The Labute approximate surface area is 395 Å². The van der Waals surface area contributed by atoms with Crippen LogP contribution in [0.15, 0.2) is 73.1 Å². The molecule has 1 saturated carbocycles. The molecule has 4 aromatic rings. The van der Waals surface area contributed by atoms with Crippen LogP contribution >= 0.6 is 54.0 Å². The molecule has 4 heterocycles. The van der Waals surface area contributed by atoms with Gasteiger partial charge in [-0.2, -0.15) is 54.0 Å². The van der Waals surface area contributed by atoms with Crippen LogP contribution in [0.4, 0.5) is 0 Å². The minimum Gasteiger partial charge on any atom is -0.348 e. The fourth-order valence-corrected chi connectivity index (χ4v) is 8.69. The van der Waals surface area contributed by atoms with E-state index in [4.69, 9.17) is 0 Å². The molecular formula is C44H70N10O4S4. The number of likely N-dealkylation sites (N-methyl/N-ethyl adjacent to an activating group) is 2. The molecule has 2 aromatic carbocycles. The number of nitrogens with one attached hydrogen (secondary N) is 4. The van der Waals surface area contributed by atoms with E-state index in [0.717, 1.165) is 62.5 Å². The number of H-pyrrole nitrogens is 2. The monoisotopic (exact) mass is 930 g/mol. The number of likely N-dealkylation sites (tertiary alicyclic amines) is 2. The van der Waals surface area contributed by atoms with Gasteiger partial charge in [0.05, 0.1) is 24.5 Å². The standard InChI is InChI=1S/C42H54N10O4.2CH4.4H2S/c1-49(2)35(27-13-7-5-8-14-27)41(55)51-23-11-17-33(51)37-43-25-31(47-37)39(53)45-29-19-21-30(22-20-29)46-40(54)32-26-44-38(48-32)34-18-12-24-52(34)42(56)36(50(3)4)28-15-9-6-10-16-28;;;;;;/h5-10,13-16,25-26,29-30,33-36H,11-12,17-24H2,1-4H3,(H,43,47)(H,44,48)(H,45,53)(H,46,54);2*1H4;4*1H2/t29?,30?,33-,34-,35-,36+;;;;;;/m0....../s1. The molecule has 0 unspecified atom stereocenters. The van der Waals surface area contributed by atoms with Gasteiger partial charge < -0.3 is 30.4 Å². The molecule has 14 nitrogen and oxygen atoms in total. The summed E-state index contributed by atoms with van der Waals surface area (Å²) in [4.78, 5) is 77.5. The first kappa shape index (κ1) is 56.1. The number of rotatable bonds is 12. The van der Waals surface area contributed by atoms with E-state index in [-0.39, 0.29) is 117 Å². The summed E-state index contributed by atoms with van der Waals surface area (Å²) in [7, 11) is 7.65. The van der Waals surface area contributed by atoms with Gasteiger partial charge in [-0.15, -0.1) is 0 Å². The Kier molecular flexibility index (Phi) is 23.0. The van der Waals surface area contributed by atoms with Gasteiger partial charge in [-0.3, -0.25) is 29.0 Å². The predicted octanol–water partition coefficient (Wildman–Crippen LogP) is 6.26. The number of benzene rings is 2. The quantitative estimate of drug-likeness (QED) is 0.130. The zero-order valence-corrected chi connectivity index (χ0v) is 38.8. The van der Waals surface area contributed by atoms with Gasteiger partial charge in [-0.25, -0.2) is 9.97 Å². The Balaban J connectivity index is 0.00000320. The molecule has 62 heavy (non-hydrogen) atoms. The first-order chi connectivity index (χ1) is 27.1. The maximum atomic E-state index is 13.8. The highest BCUT2D eigenvalue weighted by molar-refractivity contribution is 7.59. The first-order valence-corrected chi connectivity index (χ1v) is 19.8. The van der Waals surface area contributed by atoms with Crippen molar-refractivity contribution in [3.63, 3.8) is 0 Å². The number of carbonyl (C=O) groups excluding carboxylic acids is 4. The Morgan fingerprint density at radius 1 is 0.581 bits per heavy atom. The number of imidazole rings is 2. The number of carbonyl (C=O) groups is 4. The lowest BCUT2D eigenvalue weighted by atomic mass is 9.91. The fourth-order valence-electron chi connectivity index (χ4n) is 8.69. The Hall–Kier alpha value is -3.94. The number of amides is 4. The Bertz CT molecular complexity index is 1850. The van der Waals surface area contributed by atoms with E-state index in [1.54, 1.807) is 12.4 Å². The van der Waals surface area contributed by atoms with Crippen LogP contribution in [0, 0.1) is 0 Å². The third kappa shape index (κ3) is 12.6. The van der Waals surface area contributed by atoms with Crippen molar-refractivity contribution in [3.8, 4) is 0 Å². The minimum atomic E-state index is -0.409. The van der Waals surface area contributed by atoms with Gasteiger partial charge >= 0.3 is 0 Å². The van der Waals surface area contributed by atoms with Crippen molar-refractivity contribution in [2.24, 2.45) is 0 Å². The van der Waals surface area contributed by atoms with Crippen LogP contribution in [0.1, 0.15) is 134 Å². The highest BCUT2D eigenvalue weighted by Gasteiger charge is 2.39. The van der Waals surface area contributed by atoms with E-state index in [1.807, 2.05) is 108 Å². The van der Waals surface area contributed by atoms with Gasteiger partial charge in [0.1, 0.15) is 35.1 Å². The lowest BCUT2D eigenvalue weighted by Crippen LogP contribution is -2.44. The van der Waals surface area contributed by atoms with Gasteiger partial charge in [-0.05, 0) is 90.7 Å². The summed E-state index contributed by atoms with van der Waals surface area (Å²) in [5.41, 5.74) is 2.63. The molecule has 1 aliphatic carbocycles. The van der Waals surface area contributed by atoms with Gasteiger partial charge in [0.25, 0.3) is 11.8 Å². The normalized spacial score (nSPS) is 20.2. The van der Waals surface area contributed by atoms with Gasteiger partial charge in [0, 0.05) is 25.2 Å². The molecule has 0 spiro atoms. The molecule has 2 saturated heterocycles. The summed E-state index contributed by atoms with van der Waals surface area (Å²) in [6.45, 7) is 1.27. The van der Waals surface area contributed by atoms with Crippen molar-refractivity contribution in [2.75, 3.05) is 41.3 Å². The van der Waals surface area contributed by atoms with Crippen molar-refractivity contribution in [1.29, 1.82) is 0 Å². The summed E-state index contributed by atoms with van der Waals surface area (Å²) in [5.74, 6) is 0.829. The second kappa shape index (κ2) is 25.4. The van der Waals surface area contributed by atoms with E-state index in [2.05, 4.69) is 30.6 Å². The molecule has 7 rings (SSSR count). The summed E-state index contributed by atoms with van der Waals surface area (Å²) in [6, 6.07) is 18.2. The molecule has 3 aliphatic rings. The van der Waals surface area contributed by atoms with Crippen LogP contribution < -0.4 is 10.6 Å². The van der Waals surface area contributed by atoms with Gasteiger partial charge in [0.15, 0.2) is 0 Å². The molecule has 0 bridgehead atoms. The van der Waals surface area contributed by atoms with Gasteiger partial charge in [-0.1, -0.05) is 75.5 Å². The van der Waals surface area contributed by atoms with Crippen LogP contribution in [-0.4, -0.2) is 117 Å². The fraction of sp³-hybridized carbons (Fsp3) is 0.500. The van der Waals surface area contributed by atoms with Crippen molar-refractivity contribution in [2.45, 2.75) is 102 Å². The third-order valence-corrected chi connectivity index (χ3v) is 11.5. The second-order valence-corrected chi connectivity index (χ2v) is 15.8. The number of aromatic nitrogens is 4. The van der Waals surface area contributed by atoms with Crippen LogP contribution in [0.25, 0.3) is 0 Å². The van der Waals surface area contributed by atoms with Crippen molar-refractivity contribution in [1.82, 2.24) is 50.2 Å². The zero-order valence-electron chi connectivity index (χ0n) is 34.8. The Morgan fingerprint density at radius 3 is 1.24 bits per heavy atom. The lowest BCUT2D eigenvalue weighted by Gasteiger charge is -2.31. The summed E-state index contributed by atoms with van der Waals surface area (Å²) >= 11 is 0. The van der Waals surface area contributed by atoms with Crippen LogP contribution in [-0.2, 0) is 9.59 Å². The lowest BCUT2D eigenvalue weighted by molar-refractivity contribution is -0.138. The minimum absolute atomic E-state index is 0. The zero-order chi connectivity index (χ0) is 39.3.